The Balaban J connectivity index is 1.60. The number of hydrogen-bond acceptors (Lipinski definition) is 4. The Hall–Kier alpha value is -3.19. The van der Waals surface area contributed by atoms with Gasteiger partial charge in [-0.2, -0.15) is 13.2 Å². The Kier molecular flexibility index (Phi) is 6.79. The standard InChI is InChI=1S/C23H23F3N4O2S/c24-23(25,26)15-30-18(3-2-10-27-17-6-7-22(31)28-14-17)13-19-20(4-1-5-21(19)30)29-16-8-11-33(32)12-9-16/h1,4-7,13-14,16,27,29H,8-12,15H2,(H,28,31). The van der Waals surface area contributed by atoms with Gasteiger partial charge in [-0.25, -0.2) is 0 Å². The highest BCUT2D eigenvalue weighted by Crippen LogP contribution is 2.31. The van der Waals surface area contributed by atoms with Crippen LogP contribution in [0.5, 0.6) is 0 Å². The number of H-pyrrole nitrogens is 1. The van der Waals surface area contributed by atoms with Gasteiger partial charge in [-0.3, -0.25) is 9.00 Å². The van der Waals surface area contributed by atoms with E-state index in [2.05, 4.69) is 27.5 Å². The molecule has 0 aliphatic carbocycles. The van der Waals surface area contributed by atoms with Gasteiger partial charge in [0.15, 0.2) is 0 Å². The molecule has 0 atom stereocenters. The van der Waals surface area contributed by atoms with Gasteiger partial charge in [0.05, 0.1) is 23.4 Å². The largest absolute Gasteiger partial charge is 0.406 e. The summed E-state index contributed by atoms with van der Waals surface area (Å²) in [5, 5.41) is 7.10. The Labute approximate surface area is 191 Å². The minimum absolute atomic E-state index is 0.135. The summed E-state index contributed by atoms with van der Waals surface area (Å²) in [6.45, 7) is -0.941. The molecule has 4 rings (SSSR count). The first-order valence-corrected chi connectivity index (χ1v) is 12.0. The summed E-state index contributed by atoms with van der Waals surface area (Å²) in [7, 11) is -0.788. The van der Waals surface area contributed by atoms with Crippen LogP contribution in [0.1, 0.15) is 18.5 Å². The second kappa shape index (κ2) is 9.75. The highest BCUT2D eigenvalue weighted by atomic mass is 32.2. The van der Waals surface area contributed by atoms with Crippen LogP contribution in [0.25, 0.3) is 10.9 Å². The molecule has 6 nitrogen and oxygen atoms in total. The van der Waals surface area contributed by atoms with Crippen molar-refractivity contribution >= 4 is 33.1 Å². The maximum atomic E-state index is 13.3. The van der Waals surface area contributed by atoms with Crippen molar-refractivity contribution in [2.24, 2.45) is 0 Å². The lowest BCUT2D eigenvalue weighted by Gasteiger charge is -2.24. The fourth-order valence-electron chi connectivity index (χ4n) is 3.82. The van der Waals surface area contributed by atoms with Gasteiger partial charge in [0.1, 0.15) is 6.54 Å². The van der Waals surface area contributed by atoms with E-state index in [9.17, 15) is 22.2 Å². The predicted molar refractivity (Wildman–Crippen MR) is 125 cm³/mol. The maximum Gasteiger partial charge on any atom is 0.406 e. The summed E-state index contributed by atoms with van der Waals surface area (Å²) in [4.78, 5) is 13.7. The number of nitrogens with zero attached hydrogens (tertiary/aromatic N) is 1. The zero-order valence-corrected chi connectivity index (χ0v) is 18.5. The summed E-state index contributed by atoms with van der Waals surface area (Å²) in [6.07, 6.45) is -1.37. The van der Waals surface area contributed by atoms with Gasteiger partial charge in [0.25, 0.3) is 0 Å². The third kappa shape index (κ3) is 5.99. The molecule has 3 heterocycles. The topological polar surface area (TPSA) is 78.9 Å². The highest BCUT2D eigenvalue weighted by molar-refractivity contribution is 7.85. The van der Waals surface area contributed by atoms with Gasteiger partial charge in [-0.1, -0.05) is 12.0 Å². The lowest BCUT2D eigenvalue weighted by atomic mass is 10.1. The van der Waals surface area contributed by atoms with Crippen LogP contribution in [0.15, 0.2) is 47.4 Å². The Bertz CT molecular complexity index is 1260. The molecule has 0 spiro atoms. The van der Waals surface area contributed by atoms with Crippen LogP contribution in [0.2, 0.25) is 0 Å². The predicted octanol–water partition coefficient (Wildman–Crippen LogP) is 3.68. The maximum absolute atomic E-state index is 13.3. The fraction of sp³-hybridized carbons (Fsp3) is 0.348. The van der Waals surface area contributed by atoms with E-state index < -0.39 is 23.5 Å². The number of benzene rings is 1. The molecule has 1 saturated heterocycles. The molecule has 0 unspecified atom stereocenters. The molecular formula is C23H23F3N4O2S. The second-order valence-electron chi connectivity index (χ2n) is 7.83. The van der Waals surface area contributed by atoms with Crippen molar-refractivity contribution in [1.82, 2.24) is 9.55 Å². The van der Waals surface area contributed by atoms with Crippen molar-refractivity contribution in [1.29, 1.82) is 0 Å². The number of fused-ring (bicyclic) bond motifs is 1. The molecule has 3 aromatic rings. The van der Waals surface area contributed by atoms with Gasteiger partial charge < -0.3 is 20.2 Å². The summed E-state index contributed by atoms with van der Waals surface area (Å²) in [5.41, 5.74) is 1.90. The molecule has 33 heavy (non-hydrogen) atoms. The van der Waals surface area contributed by atoms with Crippen LogP contribution in [0.3, 0.4) is 0 Å². The first-order chi connectivity index (χ1) is 15.8. The fourth-order valence-corrected chi connectivity index (χ4v) is 5.12. The molecule has 1 aliphatic rings. The number of aromatic amines is 1. The first-order valence-electron chi connectivity index (χ1n) is 10.5. The van der Waals surface area contributed by atoms with Crippen LogP contribution in [0.4, 0.5) is 24.5 Å². The van der Waals surface area contributed by atoms with E-state index in [1.807, 2.05) is 6.07 Å². The summed E-state index contributed by atoms with van der Waals surface area (Å²) < 4.78 is 52.8. The lowest BCUT2D eigenvalue weighted by molar-refractivity contribution is -0.140. The number of aromatic nitrogens is 2. The van der Waals surface area contributed by atoms with E-state index >= 15 is 0 Å². The molecule has 0 amide bonds. The van der Waals surface area contributed by atoms with Crippen LogP contribution in [0, 0.1) is 11.8 Å². The molecule has 174 valence electrons. The van der Waals surface area contributed by atoms with E-state index in [1.54, 1.807) is 24.3 Å². The third-order valence-electron chi connectivity index (χ3n) is 5.41. The van der Waals surface area contributed by atoms with Gasteiger partial charge in [0.2, 0.25) is 5.56 Å². The van der Waals surface area contributed by atoms with Crippen molar-refractivity contribution in [2.45, 2.75) is 31.6 Å². The smallest absolute Gasteiger partial charge is 0.382 e. The molecule has 0 radical (unpaired) electrons. The zero-order valence-electron chi connectivity index (χ0n) is 17.7. The molecule has 1 aromatic carbocycles. The number of halogens is 3. The summed E-state index contributed by atoms with van der Waals surface area (Å²) in [6, 6.07) is 10.0. The van der Waals surface area contributed by atoms with Crippen molar-refractivity contribution in [3.8, 4) is 11.8 Å². The molecule has 3 N–H and O–H groups in total. The summed E-state index contributed by atoms with van der Waals surface area (Å²) in [5.74, 6) is 6.97. The minimum atomic E-state index is -4.40. The normalized spacial score (nSPS) is 18.5. The number of pyridine rings is 1. The van der Waals surface area contributed by atoms with Gasteiger partial charge in [-0.05, 0) is 43.0 Å². The van der Waals surface area contributed by atoms with Crippen molar-refractivity contribution in [3.63, 3.8) is 0 Å². The van der Waals surface area contributed by atoms with E-state index in [0.29, 0.717) is 28.1 Å². The average Bonchev–Trinajstić information content (AvgIpc) is 3.11. The van der Waals surface area contributed by atoms with Crippen molar-refractivity contribution in [3.05, 3.63) is 58.6 Å². The number of alkyl halides is 3. The van der Waals surface area contributed by atoms with E-state index in [1.165, 1.54) is 16.8 Å². The molecular weight excluding hydrogens is 453 g/mol. The van der Waals surface area contributed by atoms with Crippen LogP contribution < -0.4 is 16.2 Å². The van der Waals surface area contributed by atoms with Crippen molar-refractivity contribution in [2.75, 3.05) is 28.7 Å². The lowest BCUT2D eigenvalue weighted by Crippen LogP contribution is -2.29. The Morgan fingerprint density at radius 2 is 1.97 bits per heavy atom. The van der Waals surface area contributed by atoms with E-state index in [-0.39, 0.29) is 23.8 Å². The Morgan fingerprint density at radius 3 is 2.67 bits per heavy atom. The SMILES string of the molecule is O=c1ccc(NCC#Cc2cc3c(NC4CCS(=O)CC4)cccc3n2CC(F)(F)F)c[nH]1. The molecule has 1 fully saturated rings. The third-order valence-corrected chi connectivity index (χ3v) is 6.79. The van der Waals surface area contributed by atoms with Crippen LogP contribution in [-0.4, -0.2) is 44.0 Å². The number of rotatable bonds is 5. The first kappa shape index (κ1) is 23.0. The minimum Gasteiger partial charge on any atom is -0.382 e. The molecule has 2 aromatic heterocycles. The van der Waals surface area contributed by atoms with Crippen molar-refractivity contribution < 1.29 is 17.4 Å². The molecule has 0 saturated carbocycles. The highest BCUT2D eigenvalue weighted by Gasteiger charge is 2.30. The Morgan fingerprint density at radius 1 is 1.18 bits per heavy atom. The average molecular weight is 477 g/mol. The van der Waals surface area contributed by atoms with E-state index in [4.69, 9.17) is 0 Å². The van der Waals surface area contributed by atoms with Crippen LogP contribution >= 0.6 is 0 Å². The molecule has 0 bridgehead atoms. The summed E-state index contributed by atoms with van der Waals surface area (Å²) >= 11 is 0. The van der Waals surface area contributed by atoms with Crippen LogP contribution in [-0.2, 0) is 17.3 Å². The van der Waals surface area contributed by atoms with Gasteiger partial charge >= 0.3 is 6.18 Å². The molecule has 10 heteroatoms. The molecule has 1 aliphatic heterocycles. The second-order valence-corrected chi connectivity index (χ2v) is 9.53. The van der Waals surface area contributed by atoms with E-state index in [0.717, 1.165) is 18.5 Å². The number of nitrogens with one attached hydrogen (secondary N) is 3. The quantitative estimate of drug-likeness (QED) is 0.491. The zero-order chi connectivity index (χ0) is 23.4. The number of hydrogen-bond donors (Lipinski definition) is 3. The number of anilines is 2. The van der Waals surface area contributed by atoms with Gasteiger partial charge in [-0.15, -0.1) is 0 Å². The van der Waals surface area contributed by atoms with Gasteiger partial charge in [0, 0.05) is 51.7 Å². The monoisotopic (exact) mass is 476 g/mol.